The van der Waals surface area contributed by atoms with Crippen molar-refractivity contribution in [3.63, 3.8) is 0 Å². The normalized spacial score (nSPS) is 21.3. The van der Waals surface area contributed by atoms with E-state index in [0.29, 0.717) is 15.5 Å². The quantitative estimate of drug-likeness (QED) is 0.639. The summed E-state index contributed by atoms with van der Waals surface area (Å²) in [5.74, 6) is -3.86. The third-order valence-electron chi connectivity index (χ3n) is 4.49. The highest BCUT2D eigenvalue weighted by atomic mass is 32.2. The Morgan fingerprint density at radius 1 is 1.26 bits per heavy atom. The summed E-state index contributed by atoms with van der Waals surface area (Å²) in [5.41, 5.74) is -0.822. The molecule has 2 atom stereocenters. The zero-order chi connectivity index (χ0) is 19.8. The molecule has 0 unspecified atom stereocenters. The lowest BCUT2D eigenvalue weighted by Crippen LogP contribution is -2.44. The number of hydrogen-bond donors (Lipinski definition) is 3. The van der Waals surface area contributed by atoms with Crippen molar-refractivity contribution in [2.75, 3.05) is 12.9 Å². The van der Waals surface area contributed by atoms with Crippen LogP contribution in [0.2, 0.25) is 0 Å². The molecule has 1 aromatic carbocycles. The molecule has 0 fully saturated rings. The number of rotatable bonds is 5. The molecule has 27 heavy (non-hydrogen) atoms. The number of nitrogens with one attached hydrogen (secondary N) is 1. The fourth-order valence-corrected chi connectivity index (χ4v) is 5.80. The Balaban J connectivity index is 2.18. The molecule has 0 saturated carbocycles. The van der Waals surface area contributed by atoms with Gasteiger partial charge in [0.05, 0.1) is 29.5 Å². The number of aromatic amines is 1. The van der Waals surface area contributed by atoms with Gasteiger partial charge in [0, 0.05) is 16.5 Å². The number of ether oxygens (including phenoxy) is 1. The number of benzene rings is 1. The summed E-state index contributed by atoms with van der Waals surface area (Å²) in [7, 11) is 1.25. The third kappa shape index (κ3) is 3.37. The van der Waals surface area contributed by atoms with Gasteiger partial charge in [-0.05, 0) is 17.7 Å². The van der Waals surface area contributed by atoms with Gasteiger partial charge in [-0.1, -0.05) is 23.5 Å². The van der Waals surface area contributed by atoms with E-state index in [1.807, 2.05) is 0 Å². The molecule has 2 heterocycles. The van der Waals surface area contributed by atoms with Crippen LogP contribution in [-0.4, -0.2) is 46.0 Å². The van der Waals surface area contributed by atoms with Gasteiger partial charge in [-0.15, -0.1) is 11.8 Å². The minimum Gasteiger partial charge on any atom is -0.481 e. The molecule has 10 heteroatoms. The number of carbonyl (C=O) groups is 3. The van der Waals surface area contributed by atoms with Crippen LogP contribution in [0.3, 0.4) is 0 Å². The Morgan fingerprint density at radius 2 is 1.93 bits per heavy atom. The minimum absolute atomic E-state index is 0.00226. The Morgan fingerprint density at radius 3 is 2.48 bits per heavy atom. The van der Waals surface area contributed by atoms with Gasteiger partial charge in [-0.3, -0.25) is 14.4 Å². The molecule has 2 aromatic rings. The minimum atomic E-state index is -1.62. The van der Waals surface area contributed by atoms with Gasteiger partial charge in [0.25, 0.3) is 0 Å². The van der Waals surface area contributed by atoms with Gasteiger partial charge in [0.15, 0.2) is 0 Å². The summed E-state index contributed by atoms with van der Waals surface area (Å²) >= 11 is 2.01. The molecule has 3 N–H and O–H groups in total. The van der Waals surface area contributed by atoms with Gasteiger partial charge in [0.1, 0.15) is 0 Å². The van der Waals surface area contributed by atoms with E-state index in [0.717, 1.165) is 23.1 Å². The van der Waals surface area contributed by atoms with Crippen molar-refractivity contribution in [2.45, 2.75) is 17.4 Å². The third-order valence-corrected chi connectivity index (χ3v) is 6.84. The van der Waals surface area contributed by atoms with E-state index in [2.05, 4.69) is 9.72 Å². The molecule has 3 rings (SSSR count). The van der Waals surface area contributed by atoms with Crippen LogP contribution in [-0.2, 0) is 14.3 Å². The number of carbonyl (C=O) groups excluding carboxylic acids is 1. The van der Waals surface area contributed by atoms with Crippen molar-refractivity contribution < 1.29 is 29.3 Å². The maximum absolute atomic E-state index is 12.2. The summed E-state index contributed by atoms with van der Waals surface area (Å²) in [5, 5.41) is 19.8. The number of thioether (sulfide) groups is 1. The fourth-order valence-electron chi connectivity index (χ4n) is 3.24. The molecule has 1 aromatic heterocycles. The number of esters is 1. The predicted octanol–water partition coefficient (Wildman–Crippen LogP) is 2.01. The maximum Gasteiger partial charge on any atom is 0.337 e. The molecule has 0 amide bonds. The molecule has 1 aliphatic rings. The van der Waals surface area contributed by atoms with Gasteiger partial charge in [0.2, 0.25) is 0 Å². The van der Waals surface area contributed by atoms with E-state index in [1.165, 1.54) is 19.2 Å². The summed E-state index contributed by atoms with van der Waals surface area (Å²) in [6, 6.07) is 6.12. The lowest BCUT2D eigenvalue weighted by Gasteiger charge is -2.39. The maximum atomic E-state index is 12.2. The van der Waals surface area contributed by atoms with Crippen molar-refractivity contribution in [3.05, 3.63) is 49.9 Å². The highest BCUT2D eigenvalue weighted by molar-refractivity contribution is 7.99. The molecule has 0 bridgehead atoms. The van der Waals surface area contributed by atoms with E-state index in [4.69, 9.17) is 0 Å². The SMILES string of the molecule is COC(=O)c1ccc([C@@H]2c3sc(=O)[nH]c3SC[C@@]2(CC(=O)O)C(=O)O)cc1. The highest BCUT2D eigenvalue weighted by Crippen LogP contribution is 2.54. The van der Waals surface area contributed by atoms with Crippen LogP contribution < -0.4 is 4.87 Å². The van der Waals surface area contributed by atoms with Crippen molar-refractivity contribution in [1.82, 2.24) is 4.98 Å². The summed E-state index contributed by atoms with van der Waals surface area (Å²) in [4.78, 5) is 50.0. The van der Waals surface area contributed by atoms with Crippen LogP contribution >= 0.6 is 23.1 Å². The van der Waals surface area contributed by atoms with E-state index in [-0.39, 0.29) is 16.2 Å². The van der Waals surface area contributed by atoms with Crippen molar-refractivity contribution in [2.24, 2.45) is 5.41 Å². The van der Waals surface area contributed by atoms with E-state index >= 15 is 0 Å². The molecule has 0 saturated heterocycles. The monoisotopic (exact) mass is 409 g/mol. The zero-order valence-corrected chi connectivity index (χ0v) is 15.7. The van der Waals surface area contributed by atoms with Gasteiger partial charge < -0.3 is 19.9 Å². The summed E-state index contributed by atoms with van der Waals surface area (Å²) in [6.45, 7) is 0. The topological polar surface area (TPSA) is 134 Å². The van der Waals surface area contributed by atoms with E-state index in [1.54, 1.807) is 12.1 Å². The smallest absolute Gasteiger partial charge is 0.337 e. The lowest BCUT2D eigenvalue weighted by atomic mass is 9.70. The van der Waals surface area contributed by atoms with E-state index in [9.17, 15) is 29.4 Å². The van der Waals surface area contributed by atoms with Gasteiger partial charge in [-0.2, -0.15) is 0 Å². The molecule has 142 valence electrons. The number of aliphatic carboxylic acids is 2. The number of aromatic nitrogens is 1. The summed E-state index contributed by atoms with van der Waals surface area (Å²) in [6.07, 6.45) is -0.593. The van der Waals surface area contributed by atoms with Gasteiger partial charge in [-0.25, -0.2) is 4.79 Å². The van der Waals surface area contributed by atoms with E-state index < -0.39 is 35.7 Å². The second-order valence-electron chi connectivity index (χ2n) is 6.07. The number of carboxylic acids is 2. The predicted molar refractivity (Wildman–Crippen MR) is 97.6 cm³/mol. The molecular formula is C17H15NO7S2. The molecule has 8 nitrogen and oxygen atoms in total. The Kier molecular flexibility index (Phi) is 5.11. The van der Waals surface area contributed by atoms with Crippen LogP contribution in [0.25, 0.3) is 0 Å². The number of H-pyrrole nitrogens is 1. The van der Waals surface area contributed by atoms with Crippen molar-refractivity contribution in [3.8, 4) is 0 Å². The van der Waals surface area contributed by atoms with Crippen LogP contribution in [0.5, 0.6) is 0 Å². The second kappa shape index (κ2) is 7.20. The van der Waals surface area contributed by atoms with Crippen LogP contribution in [0.15, 0.2) is 34.1 Å². The highest BCUT2D eigenvalue weighted by Gasteiger charge is 2.53. The standard InChI is InChI=1S/C17H15NO7S2/c1-25-14(21)9-4-2-8(3-5-9)11-12-13(18-16(24)27-12)26-7-17(11,15(22)23)6-10(19)20/h2-5,11H,6-7H2,1H3,(H,18,24)(H,19,20)(H,22,23)/t11-,17-/m1/s1. The number of methoxy groups -OCH3 is 1. The first-order valence-corrected chi connectivity index (χ1v) is 9.58. The number of carboxylic acid groups (broad SMARTS) is 2. The second-order valence-corrected chi connectivity index (χ2v) is 8.08. The van der Waals surface area contributed by atoms with Gasteiger partial charge >= 0.3 is 22.8 Å². The molecule has 0 radical (unpaired) electrons. The first-order chi connectivity index (χ1) is 12.8. The molecule has 1 aliphatic heterocycles. The zero-order valence-electron chi connectivity index (χ0n) is 14.1. The number of fused-ring (bicyclic) bond motifs is 1. The van der Waals surface area contributed by atoms with Crippen LogP contribution in [0, 0.1) is 5.41 Å². The average Bonchev–Trinajstić information content (AvgIpc) is 3.00. The first kappa shape index (κ1) is 19.2. The summed E-state index contributed by atoms with van der Waals surface area (Å²) < 4.78 is 4.65. The number of thiazole rings is 1. The average molecular weight is 409 g/mol. The molecule has 0 aliphatic carbocycles. The Labute approximate surface area is 161 Å². The number of hydrogen-bond acceptors (Lipinski definition) is 7. The van der Waals surface area contributed by atoms with Crippen LogP contribution in [0.1, 0.15) is 33.1 Å². The first-order valence-electron chi connectivity index (χ1n) is 7.78. The Bertz CT molecular complexity index is 962. The lowest BCUT2D eigenvalue weighted by molar-refractivity contribution is -0.155. The van der Waals surface area contributed by atoms with Crippen molar-refractivity contribution in [1.29, 1.82) is 0 Å². The fraction of sp³-hybridized carbons (Fsp3) is 0.294. The van der Waals surface area contributed by atoms with Crippen molar-refractivity contribution >= 4 is 41.0 Å². The van der Waals surface area contributed by atoms with Crippen LogP contribution in [0.4, 0.5) is 0 Å². The molecule has 0 spiro atoms. The largest absolute Gasteiger partial charge is 0.481 e. The Hall–Kier alpha value is -2.59. The molecular weight excluding hydrogens is 394 g/mol.